The van der Waals surface area contributed by atoms with E-state index in [1.165, 1.54) is 15.8 Å². The Bertz CT molecular complexity index is 1210. The average Bonchev–Trinajstić information content (AvgIpc) is 3.30. The molecule has 4 aromatic rings. The van der Waals surface area contributed by atoms with Crippen molar-refractivity contribution >= 4 is 17.0 Å². The standard InChI is InChI=1S/C22H24N6O2/c1-12(2)18-10-23-19-6-5-16(24-21(18)19)9-17-13(3)7-15(8-14(17)4)22-25-26-27-28(22)11-20(29)30/h5-8,10,12,23H,9,11H2,1-4H3,(H,29,30). The van der Waals surface area contributed by atoms with Crippen molar-refractivity contribution in [2.75, 3.05) is 0 Å². The molecule has 0 aliphatic carbocycles. The van der Waals surface area contributed by atoms with Gasteiger partial charge in [0.05, 0.1) is 11.0 Å². The Morgan fingerprint density at radius 3 is 2.60 bits per heavy atom. The quantitative estimate of drug-likeness (QED) is 0.508. The number of carboxylic acids is 1. The maximum atomic E-state index is 11.1. The minimum Gasteiger partial charge on any atom is -0.480 e. The first-order chi connectivity index (χ1) is 14.3. The van der Waals surface area contributed by atoms with Gasteiger partial charge in [0, 0.05) is 23.9 Å². The molecule has 0 radical (unpaired) electrons. The Kier molecular flexibility index (Phi) is 5.07. The predicted octanol–water partition coefficient (Wildman–Crippen LogP) is 3.63. The molecule has 0 aliphatic heterocycles. The third kappa shape index (κ3) is 3.68. The summed E-state index contributed by atoms with van der Waals surface area (Å²) >= 11 is 0. The highest BCUT2D eigenvalue weighted by Crippen LogP contribution is 2.27. The van der Waals surface area contributed by atoms with Gasteiger partial charge in [-0.3, -0.25) is 9.78 Å². The van der Waals surface area contributed by atoms with Gasteiger partial charge in [0.15, 0.2) is 5.82 Å². The van der Waals surface area contributed by atoms with Crippen LogP contribution in [0.25, 0.3) is 22.4 Å². The van der Waals surface area contributed by atoms with Gasteiger partial charge in [0.2, 0.25) is 0 Å². The van der Waals surface area contributed by atoms with Crippen LogP contribution >= 0.6 is 0 Å². The molecular weight excluding hydrogens is 380 g/mol. The summed E-state index contributed by atoms with van der Waals surface area (Å²) in [6.45, 7) is 8.15. The summed E-state index contributed by atoms with van der Waals surface area (Å²) in [5.74, 6) is -0.134. The number of pyridine rings is 1. The van der Waals surface area contributed by atoms with Crippen LogP contribution in [0.2, 0.25) is 0 Å². The number of benzene rings is 1. The molecule has 30 heavy (non-hydrogen) atoms. The summed E-state index contributed by atoms with van der Waals surface area (Å²) in [4.78, 5) is 19.3. The fourth-order valence-electron chi connectivity index (χ4n) is 3.83. The number of nitrogens with zero attached hydrogens (tertiary/aromatic N) is 5. The van der Waals surface area contributed by atoms with Crippen LogP contribution in [0.3, 0.4) is 0 Å². The van der Waals surface area contributed by atoms with E-state index in [1.54, 1.807) is 0 Å². The molecule has 0 amide bonds. The third-order valence-electron chi connectivity index (χ3n) is 5.36. The molecule has 3 aromatic heterocycles. The molecule has 154 valence electrons. The van der Waals surface area contributed by atoms with E-state index in [0.717, 1.165) is 39.8 Å². The molecule has 0 aliphatic rings. The number of carboxylic acid groups (broad SMARTS) is 1. The molecule has 0 saturated carbocycles. The summed E-state index contributed by atoms with van der Waals surface area (Å²) < 4.78 is 1.30. The Hall–Kier alpha value is -3.55. The summed E-state index contributed by atoms with van der Waals surface area (Å²) in [5.41, 5.74) is 8.50. The number of fused-ring (bicyclic) bond motifs is 1. The maximum absolute atomic E-state index is 11.1. The average molecular weight is 404 g/mol. The second kappa shape index (κ2) is 7.70. The molecule has 2 N–H and O–H groups in total. The van der Waals surface area contributed by atoms with Crippen LogP contribution in [0.1, 0.15) is 47.7 Å². The first-order valence-electron chi connectivity index (χ1n) is 9.89. The van der Waals surface area contributed by atoms with Crippen molar-refractivity contribution < 1.29 is 9.90 Å². The van der Waals surface area contributed by atoms with Crippen molar-refractivity contribution in [2.45, 2.75) is 46.6 Å². The Morgan fingerprint density at radius 2 is 1.93 bits per heavy atom. The number of aromatic nitrogens is 6. The number of hydrogen-bond donors (Lipinski definition) is 2. The summed E-state index contributed by atoms with van der Waals surface area (Å²) in [6.07, 6.45) is 2.76. The minimum absolute atomic E-state index is 0.277. The molecule has 0 bridgehead atoms. The molecule has 0 spiro atoms. The van der Waals surface area contributed by atoms with E-state index in [2.05, 4.69) is 46.5 Å². The number of aryl methyl sites for hydroxylation is 2. The highest BCUT2D eigenvalue weighted by atomic mass is 16.4. The lowest BCUT2D eigenvalue weighted by Crippen LogP contribution is -2.12. The molecule has 8 heteroatoms. The lowest BCUT2D eigenvalue weighted by Gasteiger charge is -2.13. The number of tetrazole rings is 1. The number of rotatable bonds is 6. The van der Waals surface area contributed by atoms with E-state index in [9.17, 15) is 4.79 Å². The van der Waals surface area contributed by atoms with Crippen LogP contribution < -0.4 is 0 Å². The maximum Gasteiger partial charge on any atom is 0.325 e. The highest BCUT2D eigenvalue weighted by Gasteiger charge is 2.16. The first kappa shape index (κ1) is 19.8. The zero-order valence-corrected chi connectivity index (χ0v) is 17.5. The number of H-pyrrole nitrogens is 1. The monoisotopic (exact) mass is 404 g/mol. The summed E-state index contributed by atoms with van der Waals surface area (Å²) in [6, 6.07) is 8.15. The minimum atomic E-state index is -0.986. The van der Waals surface area contributed by atoms with Crippen LogP contribution in [0.4, 0.5) is 0 Å². The summed E-state index contributed by atoms with van der Waals surface area (Å²) in [5, 5.41) is 20.5. The number of aliphatic carboxylic acids is 1. The highest BCUT2D eigenvalue weighted by molar-refractivity contribution is 5.79. The van der Waals surface area contributed by atoms with Crippen LogP contribution in [-0.4, -0.2) is 41.3 Å². The van der Waals surface area contributed by atoms with Crippen molar-refractivity contribution in [3.63, 3.8) is 0 Å². The van der Waals surface area contributed by atoms with E-state index in [0.29, 0.717) is 11.7 Å². The third-order valence-corrected chi connectivity index (χ3v) is 5.36. The van der Waals surface area contributed by atoms with Gasteiger partial charge in [-0.15, -0.1) is 5.10 Å². The number of carbonyl (C=O) groups is 1. The van der Waals surface area contributed by atoms with Crippen LogP contribution in [-0.2, 0) is 17.8 Å². The SMILES string of the molecule is Cc1cc(-c2nnnn2CC(=O)O)cc(C)c1Cc1ccc2[nH]cc(C(C)C)c2n1. The lowest BCUT2D eigenvalue weighted by atomic mass is 9.95. The number of aromatic amines is 1. The van der Waals surface area contributed by atoms with E-state index in [1.807, 2.05) is 32.2 Å². The van der Waals surface area contributed by atoms with E-state index < -0.39 is 5.97 Å². The Labute approximate surface area is 174 Å². The number of nitrogens with one attached hydrogen (secondary N) is 1. The van der Waals surface area contributed by atoms with Crippen molar-refractivity contribution in [2.24, 2.45) is 0 Å². The molecule has 0 atom stereocenters. The van der Waals surface area contributed by atoms with Gasteiger partial charge < -0.3 is 10.1 Å². The Morgan fingerprint density at radius 1 is 1.20 bits per heavy atom. The van der Waals surface area contributed by atoms with Gasteiger partial charge in [0.1, 0.15) is 6.54 Å². The van der Waals surface area contributed by atoms with Crippen molar-refractivity contribution in [1.82, 2.24) is 30.2 Å². The van der Waals surface area contributed by atoms with Gasteiger partial charge in [-0.25, -0.2) is 4.68 Å². The normalized spacial score (nSPS) is 11.5. The van der Waals surface area contributed by atoms with Crippen LogP contribution in [0, 0.1) is 13.8 Å². The molecule has 1 aromatic carbocycles. The first-order valence-corrected chi connectivity index (χ1v) is 9.89. The van der Waals surface area contributed by atoms with E-state index in [4.69, 9.17) is 10.1 Å². The second-order valence-electron chi connectivity index (χ2n) is 7.92. The molecule has 8 nitrogen and oxygen atoms in total. The fourth-order valence-corrected chi connectivity index (χ4v) is 3.83. The summed E-state index contributed by atoms with van der Waals surface area (Å²) in [7, 11) is 0. The van der Waals surface area contributed by atoms with Crippen molar-refractivity contribution in [3.05, 3.63) is 58.4 Å². The molecule has 4 rings (SSSR count). The van der Waals surface area contributed by atoms with Gasteiger partial charge >= 0.3 is 5.97 Å². The van der Waals surface area contributed by atoms with Crippen molar-refractivity contribution in [3.8, 4) is 11.4 Å². The van der Waals surface area contributed by atoms with Gasteiger partial charge in [-0.05, 0) is 76.7 Å². The molecular formula is C22H24N6O2. The van der Waals surface area contributed by atoms with Crippen LogP contribution in [0.15, 0.2) is 30.5 Å². The molecule has 3 heterocycles. The zero-order valence-electron chi connectivity index (χ0n) is 17.5. The van der Waals surface area contributed by atoms with Gasteiger partial charge in [-0.2, -0.15) is 0 Å². The van der Waals surface area contributed by atoms with E-state index in [-0.39, 0.29) is 6.54 Å². The molecule has 0 unspecified atom stereocenters. The topological polar surface area (TPSA) is 110 Å². The smallest absolute Gasteiger partial charge is 0.325 e. The zero-order chi connectivity index (χ0) is 21.4. The Balaban J connectivity index is 1.68. The predicted molar refractivity (Wildman–Crippen MR) is 113 cm³/mol. The van der Waals surface area contributed by atoms with E-state index >= 15 is 0 Å². The molecule has 0 fully saturated rings. The van der Waals surface area contributed by atoms with Gasteiger partial charge in [-0.1, -0.05) is 13.8 Å². The van der Waals surface area contributed by atoms with Crippen molar-refractivity contribution in [1.29, 1.82) is 0 Å². The van der Waals surface area contributed by atoms with Gasteiger partial charge in [0.25, 0.3) is 0 Å². The molecule has 0 saturated heterocycles. The lowest BCUT2D eigenvalue weighted by molar-refractivity contribution is -0.137. The second-order valence-corrected chi connectivity index (χ2v) is 7.92. The largest absolute Gasteiger partial charge is 0.480 e. The van der Waals surface area contributed by atoms with Crippen LogP contribution in [0.5, 0.6) is 0 Å². The number of hydrogen-bond acceptors (Lipinski definition) is 5. The fraction of sp³-hybridized carbons (Fsp3) is 0.318.